The molecule has 100 valence electrons. The van der Waals surface area contributed by atoms with Crippen LogP contribution < -0.4 is 10.1 Å². The number of hydrogen-bond donors (Lipinski definition) is 1. The molecular formula is C13H16ClF2NO. The van der Waals surface area contributed by atoms with Crippen molar-refractivity contribution in [2.75, 3.05) is 13.1 Å². The van der Waals surface area contributed by atoms with Gasteiger partial charge in [0.1, 0.15) is 5.75 Å². The Hall–Kier alpha value is -0.870. The first kappa shape index (κ1) is 13.6. The molecule has 1 N–H and O–H groups in total. The minimum Gasteiger partial charge on any atom is -0.435 e. The topological polar surface area (TPSA) is 21.3 Å². The Morgan fingerprint density at radius 2 is 2.06 bits per heavy atom. The SMILES string of the molecule is FC(F)Oc1ccc(Cl)cc1CC1CCNCC1. The lowest BCUT2D eigenvalue weighted by Gasteiger charge is -2.23. The number of piperidine rings is 1. The fourth-order valence-electron chi connectivity index (χ4n) is 2.32. The van der Waals surface area contributed by atoms with Crippen LogP contribution in [-0.2, 0) is 6.42 Å². The molecule has 2 rings (SSSR count). The fraction of sp³-hybridized carbons (Fsp3) is 0.538. The van der Waals surface area contributed by atoms with Crippen LogP contribution in [0.2, 0.25) is 5.02 Å². The predicted octanol–water partition coefficient (Wildman–Crippen LogP) is 3.48. The highest BCUT2D eigenvalue weighted by atomic mass is 35.5. The Balaban J connectivity index is 2.10. The van der Waals surface area contributed by atoms with E-state index in [4.69, 9.17) is 11.6 Å². The van der Waals surface area contributed by atoms with Crippen LogP contribution in [-0.4, -0.2) is 19.7 Å². The van der Waals surface area contributed by atoms with Gasteiger partial charge in [0.15, 0.2) is 0 Å². The van der Waals surface area contributed by atoms with Crippen molar-refractivity contribution in [1.29, 1.82) is 0 Å². The average Bonchev–Trinajstić information content (AvgIpc) is 2.33. The number of benzene rings is 1. The summed E-state index contributed by atoms with van der Waals surface area (Å²) in [6.07, 6.45) is 2.85. The molecule has 0 saturated carbocycles. The molecule has 1 aliphatic rings. The van der Waals surface area contributed by atoms with Gasteiger partial charge in [-0.25, -0.2) is 0 Å². The van der Waals surface area contributed by atoms with Gasteiger partial charge in [-0.2, -0.15) is 8.78 Å². The monoisotopic (exact) mass is 275 g/mol. The van der Waals surface area contributed by atoms with Gasteiger partial charge in [-0.05, 0) is 62.0 Å². The molecule has 0 spiro atoms. The molecule has 0 radical (unpaired) electrons. The van der Waals surface area contributed by atoms with E-state index in [1.54, 1.807) is 12.1 Å². The van der Waals surface area contributed by atoms with E-state index in [0.29, 0.717) is 10.9 Å². The summed E-state index contributed by atoms with van der Waals surface area (Å²) in [5, 5.41) is 3.84. The van der Waals surface area contributed by atoms with Crippen molar-refractivity contribution in [2.45, 2.75) is 25.9 Å². The van der Waals surface area contributed by atoms with Gasteiger partial charge in [0.2, 0.25) is 0 Å². The lowest BCUT2D eigenvalue weighted by Crippen LogP contribution is -2.28. The first-order valence-electron chi connectivity index (χ1n) is 6.09. The van der Waals surface area contributed by atoms with Crippen LogP contribution in [0.4, 0.5) is 8.78 Å². The molecule has 1 fully saturated rings. The summed E-state index contributed by atoms with van der Waals surface area (Å²) in [5.41, 5.74) is 0.773. The van der Waals surface area contributed by atoms with Crippen molar-refractivity contribution in [3.63, 3.8) is 0 Å². The van der Waals surface area contributed by atoms with E-state index in [9.17, 15) is 8.78 Å². The maximum Gasteiger partial charge on any atom is 0.387 e. The molecule has 0 aromatic heterocycles. The van der Waals surface area contributed by atoms with Crippen molar-refractivity contribution < 1.29 is 13.5 Å². The van der Waals surface area contributed by atoms with Crippen molar-refractivity contribution in [3.05, 3.63) is 28.8 Å². The summed E-state index contributed by atoms with van der Waals surface area (Å²) >= 11 is 5.92. The zero-order chi connectivity index (χ0) is 13.0. The maximum atomic E-state index is 12.3. The zero-order valence-corrected chi connectivity index (χ0v) is 10.7. The maximum absolute atomic E-state index is 12.3. The van der Waals surface area contributed by atoms with Crippen LogP contribution >= 0.6 is 11.6 Å². The third-order valence-corrected chi connectivity index (χ3v) is 3.44. The largest absolute Gasteiger partial charge is 0.435 e. The summed E-state index contributed by atoms with van der Waals surface area (Å²) in [7, 11) is 0. The number of alkyl halides is 2. The van der Waals surface area contributed by atoms with Gasteiger partial charge in [0.25, 0.3) is 0 Å². The molecule has 5 heteroatoms. The molecule has 18 heavy (non-hydrogen) atoms. The summed E-state index contributed by atoms with van der Waals surface area (Å²) in [6.45, 7) is -0.829. The Bertz CT molecular complexity index is 395. The lowest BCUT2D eigenvalue weighted by molar-refractivity contribution is -0.0505. The molecule has 0 unspecified atom stereocenters. The molecule has 1 saturated heterocycles. The molecule has 0 aliphatic carbocycles. The molecule has 0 bridgehead atoms. The molecule has 1 aliphatic heterocycles. The highest BCUT2D eigenvalue weighted by Gasteiger charge is 2.17. The highest BCUT2D eigenvalue weighted by Crippen LogP contribution is 2.29. The van der Waals surface area contributed by atoms with Gasteiger partial charge in [0, 0.05) is 5.02 Å². The summed E-state index contributed by atoms with van der Waals surface area (Å²) < 4.78 is 29.2. The van der Waals surface area contributed by atoms with E-state index < -0.39 is 6.61 Å². The second-order valence-corrected chi connectivity index (χ2v) is 4.96. The lowest BCUT2D eigenvalue weighted by atomic mass is 9.90. The third kappa shape index (κ3) is 3.82. The highest BCUT2D eigenvalue weighted by molar-refractivity contribution is 6.30. The van der Waals surface area contributed by atoms with Crippen LogP contribution in [0.3, 0.4) is 0 Å². The Morgan fingerprint density at radius 3 is 2.72 bits per heavy atom. The average molecular weight is 276 g/mol. The van der Waals surface area contributed by atoms with Crippen molar-refractivity contribution in [1.82, 2.24) is 5.32 Å². The normalized spacial score (nSPS) is 17.1. The number of nitrogens with one attached hydrogen (secondary N) is 1. The van der Waals surface area contributed by atoms with E-state index >= 15 is 0 Å². The molecule has 0 amide bonds. The predicted molar refractivity (Wildman–Crippen MR) is 67.4 cm³/mol. The van der Waals surface area contributed by atoms with E-state index in [1.807, 2.05) is 0 Å². The van der Waals surface area contributed by atoms with Crippen LogP contribution in [0.15, 0.2) is 18.2 Å². The summed E-state index contributed by atoms with van der Waals surface area (Å²) in [4.78, 5) is 0. The number of halogens is 3. The van der Waals surface area contributed by atoms with Crippen LogP contribution in [0.1, 0.15) is 18.4 Å². The van der Waals surface area contributed by atoms with E-state index in [2.05, 4.69) is 10.1 Å². The standard InChI is InChI=1S/C13H16ClF2NO/c14-11-1-2-12(18-13(15)16)10(8-11)7-9-3-5-17-6-4-9/h1-2,8-9,13,17H,3-7H2. The van der Waals surface area contributed by atoms with E-state index in [0.717, 1.165) is 37.9 Å². The first-order valence-corrected chi connectivity index (χ1v) is 6.47. The van der Waals surface area contributed by atoms with Gasteiger partial charge < -0.3 is 10.1 Å². The Labute approximate surface area is 110 Å². The van der Waals surface area contributed by atoms with E-state index in [1.165, 1.54) is 6.07 Å². The van der Waals surface area contributed by atoms with Gasteiger partial charge >= 0.3 is 6.61 Å². The number of ether oxygens (including phenoxy) is 1. The quantitative estimate of drug-likeness (QED) is 0.908. The van der Waals surface area contributed by atoms with Gasteiger partial charge in [-0.3, -0.25) is 0 Å². The van der Waals surface area contributed by atoms with Crippen molar-refractivity contribution in [3.8, 4) is 5.75 Å². The molecule has 1 heterocycles. The first-order chi connectivity index (χ1) is 8.65. The van der Waals surface area contributed by atoms with Crippen LogP contribution in [0.25, 0.3) is 0 Å². The molecule has 1 aromatic rings. The van der Waals surface area contributed by atoms with Crippen molar-refractivity contribution >= 4 is 11.6 Å². The Morgan fingerprint density at radius 1 is 1.33 bits per heavy atom. The number of hydrogen-bond acceptors (Lipinski definition) is 2. The molecular weight excluding hydrogens is 260 g/mol. The smallest absolute Gasteiger partial charge is 0.387 e. The second-order valence-electron chi connectivity index (χ2n) is 4.53. The summed E-state index contributed by atoms with van der Waals surface area (Å²) in [6, 6.07) is 4.82. The molecule has 1 aromatic carbocycles. The van der Waals surface area contributed by atoms with Crippen LogP contribution in [0.5, 0.6) is 5.75 Å². The minimum atomic E-state index is -2.79. The Kier molecular flexibility index (Phi) is 4.78. The third-order valence-electron chi connectivity index (χ3n) is 3.21. The van der Waals surface area contributed by atoms with Crippen LogP contribution in [0, 0.1) is 5.92 Å². The van der Waals surface area contributed by atoms with Gasteiger partial charge in [-0.1, -0.05) is 11.6 Å². The van der Waals surface area contributed by atoms with Crippen molar-refractivity contribution in [2.24, 2.45) is 5.92 Å². The minimum absolute atomic E-state index is 0.243. The molecule has 0 atom stereocenters. The summed E-state index contributed by atoms with van der Waals surface area (Å²) in [5.74, 6) is 0.748. The zero-order valence-electron chi connectivity index (χ0n) is 9.96. The fourth-order valence-corrected chi connectivity index (χ4v) is 2.51. The molecule has 2 nitrogen and oxygen atoms in total. The van der Waals surface area contributed by atoms with Gasteiger partial charge in [-0.15, -0.1) is 0 Å². The number of rotatable bonds is 4. The van der Waals surface area contributed by atoms with Gasteiger partial charge in [0.05, 0.1) is 0 Å². The van der Waals surface area contributed by atoms with E-state index in [-0.39, 0.29) is 5.75 Å². The second kappa shape index (κ2) is 6.34.